The number of aliphatic carboxylic acids is 1. The zero-order valence-corrected chi connectivity index (χ0v) is 26.4. The topological polar surface area (TPSA) is 71.4 Å². The molecule has 39 heavy (non-hydrogen) atoms. The number of carboxylic acid groups (broad SMARTS) is 1. The number of hydrogen-bond acceptors (Lipinski definition) is 3. The Morgan fingerprint density at radius 3 is 0.974 bits per heavy atom. The molecule has 0 saturated heterocycles. The minimum Gasteiger partial charge on any atom is -0.481 e. The van der Waals surface area contributed by atoms with E-state index in [1.54, 1.807) is 0 Å². The maximum Gasteiger partial charge on any atom is 0.373 e. The molecule has 0 radical (unpaired) electrons. The highest BCUT2D eigenvalue weighted by molar-refractivity contribution is 5.66. The molecule has 0 heterocycles. The molecule has 4 nitrogen and oxygen atoms in total. The van der Waals surface area contributed by atoms with Gasteiger partial charge in [-0.15, -0.1) is 0 Å². The molecule has 0 amide bonds. The second-order valence-corrected chi connectivity index (χ2v) is 10.7. The zero-order valence-electron chi connectivity index (χ0n) is 26.4. The number of unbranched alkanes of at least 4 members (excludes halogenated alkanes) is 21. The lowest BCUT2D eigenvalue weighted by Crippen LogP contribution is -1.93. The van der Waals surface area contributed by atoms with Gasteiger partial charge in [0.25, 0.3) is 0 Å². The Morgan fingerprint density at radius 2 is 0.692 bits per heavy atom. The van der Waals surface area contributed by atoms with Gasteiger partial charge in [0.05, 0.1) is 0 Å². The molecule has 0 atom stereocenters. The smallest absolute Gasteiger partial charge is 0.373 e. The molecule has 0 aromatic rings. The summed E-state index contributed by atoms with van der Waals surface area (Å²) in [5.41, 5.74) is 0. The molecule has 0 rings (SSSR count). The molecule has 0 spiro atoms. The first-order valence-corrected chi connectivity index (χ1v) is 16.6. The van der Waals surface area contributed by atoms with E-state index in [1.807, 2.05) is 0 Å². The second kappa shape index (κ2) is 43.4. The Morgan fingerprint density at radius 1 is 0.462 bits per heavy atom. The molecule has 0 unspecified atom stereocenters. The highest BCUT2D eigenvalue weighted by atomic mass is 16.4. The van der Waals surface area contributed by atoms with Gasteiger partial charge in [-0.3, -0.25) is 4.79 Å². The third kappa shape index (κ3) is 53.3. The molecule has 0 saturated carbocycles. The molecular weight excluding hydrogens is 484 g/mol. The average molecular weight is 551 g/mol. The molecule has 0 aliphatic heterocycles. The van der Waals surface area contributed by atoms with E-state index in [0.717, 1.165) is 12.8 Å². The Balaban J connectivity index is -0.000000615. The summed E-state index contributed by atoms with van der Waals surface area (Å²) in [6, 6.07) is 0. The minimum absolute atomic E-state index is 0.250. The van der Waals surface area contributed by atoms with Crippen LogP contribution < -0.4 is 0 Å². The van der Waals surface area contributed by atoms with Crippen molar-refractivity contribution < 1.29 is 19.5 Å². The quantitative estimate of drug-likeness (QED) is 0.0815. The van der Waals surface area contributed by atoms with Crippen LogP contribution in [0.1, 0.15) is 188 Å². The van der Waals surface area contributed by atoms with Crippen LogP contribution in [0.25, 0.3) is 0 Å². The Hall–Kier alpha value is -1.67. The Labute approximate surface area is 243 Å². The standard InChI is InChI=1S/C18H34O2.C16H32.CO2/c1-2-3-4-5-6-7-8-9-10-11-12-13-14-15-16-17-18(19)20;1-3-5-7-9-11-13-15-16-14-12-10-8-6-4-2;2-1-3/h9-10H,2-8,11-17H2,1H3,(H,19,20);13,15H,3-12,14,16H2,1-2H3;. The molecule has 4 heteroatoms. The van der Waals surface area contributed by atoms with Gasteiger partial charge in [0.1, 0.15) is 0 Å². The summed E-state index contributed by atoms with van der Waals surface area (Å²) in [5.74, 6) is -0.664. The molecule has 0 fully saturated rings. The zero-order chi connectivity index (χ0) is 29.5. The normalized spacial score (nSPS) is 10.6. The summed E-state index contributed by atoms with van der Waals surface area (Å²) in [7, 11) is 0. The number of allylic oxidation sites excluding steroid dienone is 4. The van der Waals surface area contributed by atoms with Crippen LogP contribution >= 0.6 is 0 Å². The van der Waals surface area contributed by atoms with E-state index in [1.165, 1.54) is 148 Å². The first-order chi connectivity index (χ1) is 19.1. The molecule has 1 N–H and O–H groups in total. The van der Waals surface area contributed by atoms with Crippen molar-refractivity contribution in [3.63, 3.8) is 0 Å². The van der Waals surface area contributed by atoms with Gasteiger partial charge in [-0.25, -0.2) is 0 Å². The fourth-order valence-electron chi connectivity index (χ4n) is 4.31. The Bertz CT molecular complexity index is 533. The van der Waals surface area contributed by atoms with Crippen LogP contribution in [0.15, 0.2) is 24.3 Å². The lowest BCUT2D eigenvalue weighted by atomic mass is 10.1. The highest BCUT2D eigenvalue weighted by Crippen LogP contribution is 2.10. The lowest BCUT2D eigenvalue weighted by molar-refractivity contribution is -0.191. The van der Waals surface area contributed by atoms with Crippen molar-refractivity contribution in [1.29, 1.82) is 0 Å². The Kier molecular flexibility index (Phi) is 46.5. The van der Waals surface area contributed by atoms with Crippen LogP contribution in [0.5, 0.6) is 0 Å². The van der Waals surface area contributed by atoms with Gasteiger partial charge in [0.2, 0.25) is 0 Å². The summed E-state index contributed by atoms with van der Waals surface area (Å²) in [6.07, 6.45) is 42.9. The van der Waals surface area contributed by atoms with Gasteiger partial charge in [0, 0.05) is 6.42 Å². The van der Waals surface area contributed by atoms with Crippen molar-refractivity contribution in [3.8, 4) is 0 Å². The number of carbonyl (C=O) groups excluding carboxylic acids is 2. The van der Waals surface area contributed by atoms with Crippen molar-refractivity contribution in [3.05, 3.63) is 24.3 Å². The predicted octanol–water partition coefficient (Wildman–Crippen LogP) is 11.8. The molecule has 0 aromatic carbocycles. The first-order valence-electron chi connectivity index (χ1n) is 16.6. The van der Waals surface area contributed by atoms with E-state index in [0.29, 0.717) is 6.42 Å². The fourth-order valence-corrected chi connectivity index (χ4v) is 4.31. The van der Waals surface area contributed by atoms with E-state index in [9.17, 15) is 4.79 Å². The van der Waals surface area contributed by atoms with Gasteiger partial charge >= 0.3 is 12.1 Å². The third-order valence-corrected chi connectivity index (χ3v) is 6.77. The summed E-state index contributed by atoms with van der Waals surface area (Å²) < 4.78 is 0. The van der Waals surface area contributed by atoms with Gasteiger partial charge in [-0.1, -0.05) is 148 Å². The van der Waals surface area contributed by atoms with Crippen LogP contribution in [0.2, 0.25) is 0 Å². The summed E-state index contributed by atoms with van der Waals surface area (Å²) in [5, 5.41) is 8.51. The molecule has 0 aliphatic rings. The molecule has 230 valence electrons. The van der Waals surface area contributed by atoms with Gasteiger partial charge < -0.3 is 5.11 Å². The number of hydrogen-bond donors (Lipinski definition) is 1. The van der Waals surface area contributed by atoms with Crippen LogP contribution in [0.3, 0.4) is 0 Å². The predicted molar refractivity (Wildman–Crippen MR) is 168 cm³/mol. The van der Waals surface area contributed by atoms with Gasteiger partial charge in [-0.2, -0.15) is 9.59 Å². The SMILES string of the molecule is CCCCCCC=CCCCCCCCC.CCCCCCCCC=CCCCCCCCC(=O)O.O=C=O. The average Bonchev–Trinajstić information content (AvgIpc) is 2.92. The van der Waals surface area contributed by atoms with Crippen molar-refractivity contribution in [2.24, 2.45) is 0 Å². The van der Waals surface area contributed by atoms with Crippen molar-refractivity contribution in [1.82, 2.24) is 0 Å². The summed E-state index contributed by atoms with van der Waals surface area (Å²) >= 11 is 0. The van der Waals surface area contributed by atoms with Crippen LogP contribution in [-0.4, -0.2) is 17.2 Å². The maximum atomic E-state index is 10.3. The number of carboxylic acids is 1. The highest BCUT2D eigenvalue weighted by Gasteiger charge is 1.96. The van der Waals surface area contributed by atoms with Crippen molar-refractivity contribution in [2.45, 2.75) is 188 Å². The minimum atomic E-state index is -0.664. The van der Waals surface area contributed by atoms with E-state index < -0.39 is 5.97 Å². The van der Waals surface area contributed by atoms with Gasteiger partial charge in [0.15, 0.2) is 0 Å². The molecular formula is C35H66O4. The molecule has 0 aliphatic carbocycles. The van der Waals surface area contributed by atoms with Crippen molar-refractivity contribution in [2.75, 3.05) is 0 Å². The van der Waals surface area contributed by atoms with E-state index in [4.69, 9.17) is 14.7 Å². The van der Waals surface area contributed by atoms with E-state index in [2.05, 4.69) is 45.1 Å². The first kappa shape index (κ1) is 41.8. The number of carbonyl (C=O) groups is 1. The maximum absolute atomic E-state index is 10.3. The number of rotatable bonds is 27. The summed E-state index contributed by atoms with van der Waals surface area (Å²) in [6.45, 7) is 6.81. The monoisotopic (exact) mass is 550 g/mol. The second-order valence-electron chi connectivity index (χ2n) is 10.7. The van der Waals surface area contributed by atoms with Crippen LogP contribution in [-0.2, 0) is 14.4 Å². The van der Waals surface area contributed by atoms with Crippen molar-refractivity contribution >= 4 is 12.1 Å². The van der Waals surface area contributed by atoms with Crippen LogP contribution in [0, 0.1) is 0 Å². The fraction of sp³-hybridized carbons (Fsp3) is 0.829. The van der Waals surface area contributed by atoms with Crippen LogP contribution in [0.4, 0.5) is 0 Å². The molecule has 0 bridgehead atoms. The van der Waals surface area contributed by atoms with E-state index >= 15 is 0 Å². The van der Waals surface area contributed by atoms with E-state index in [-0.39, 0.29) is 6.15 Å². The largest absolute Gasteiger partial charge is 0.481 e. The molecule has 0 aromatic heterocycles. The van der Waals surface area contributed by atoms with Gasteiger partial charge in [-0.05, 0) is 57.8 Å². The lowest BCUT2D eigenvalue weighted by Gasteiger charge is -1.99. The summed E-state index contributed by atoms with van der Waals surface area (Å²) in [4.78, 5) is 26.6. The third-order valence-electron chi connectivity index (χ3n) is 6.77.